The Labute approximate surface area is 119 Å². The molecule has 4 nitrogen and oxygen atoms in total. The Morgan fingerprint density at radius 3 is 3.05 bits per heavy atom. The highest BCUT2D eigenvalue weighted by Gasteiger charge is 2.08. The number of rotatable bonds is 3. The number of thiophene rings is 1. The molecule has 0 aliphatic carbocycles. The summed E-state index contributed by atoms with van der Waals surface area (Å²) in [7, 11) is 0. The first-order valence-corrected chi connectivity index (χ1v) is 6.74. The number of carbonyl (C=O) groups is 1. The molecule has 98 valence electrons. The van der Waals surface area contributed by atoms with Crippen LogP contribution in [0.2, 0.25) is 5.02 Å². The smallest absolute Gasteiger partial charge is 0.268 e. The van der Waals surface area contributed by atoms with E-state index in [1.807, 2.05) is 11.4 Å². The van der Waals surface area contributed by atoms with Crippen molar-refractivity contribution in [2.75, 3.05) is 6.61 Å². The molecule has 0 saturated carbocycles. The summed E-state index contributed by atoms with van der Waals surface area (Å²) in [5.74, 6) is 5.18. The first-order valence-electron chi connectivity index (χ1n) is 5.48. The number of H-pyrrole nitrogens is 1. The van der Waals surface area contributed by atoms with Gasteiger partial charge in [-0.3, -0.25) is 4.79 Å². The first kappa shape index (κ1) is 13.7. The Bertz CT molecular complexity index is 636. The molecule has 0 fully saturated rings. The highest BCUT2D eigenvalue weighted by atomic mass is 35.5. The molecule has 0 bridgehead atoms. The van der Waals surface area contributed by atoms with Gasteiger partial charge in [0.05, 0.1) is 11.6 Å². The van der Waals surface area contributed by atoms with Crippen molar-refractivity contribution in [3.63, 3.8) is 0 Å². The predicted octanol–water partition coefficient (Wildman–Crippen LogP) is 2.00. The van der Waals surface area contributed by atoms with Gasteiger partial charge in [-0.15, -0.1) is 11.3 Å². The average molecular weight is 295 g/mol. The van der Waals surface area contributed by atoms with Crippen LogP contribution in [0.1, 0.15) is 20.9 Å². The van der Waals surface area contributed by atoms with Gasteiger partial charge in [-0.25, -0.2) is 0 Å². The Kier molecular flexibility index (Phi) is 4.63. The zero-order chi connectivity index (χ0) is 13.7. The van der Waals surface area contributed by atoms with Gasteiger partial charge in [-0.2, -0.15) is 0 Å². The van der Waals surface area contributed by atoms with Gasteiger partial charge in [0.1, 0.15) is 12.3 Å². The van der Waals surface area contributed by atoms with Gasteiger partial charge in [0.15, 0.2) is 0 Å². The van der Waals surface area contributed by atoms with Crippen molar-refractivity contribution in [2.24, 2.45) is 0 Å². The molecule has 6 heteroatoms. The lowest BCUT2D eigenvalue weighted by Gasteiger charge is -2.00. The van der Waals surface area contributed by atoms with Gasteiger partial charge < -0.3 is 15.4 Å². The standard InChI is InChI=1S/C13H11ClN2O2S/c14-10-5-12(15-6-10)13(18)16-7-11-4-9(8-19-11)2-1-3-17/h4-6,8,15,17H,3,7H2,(H,16,18). The molecule has 2 aromatic rings. The SMILES string of the molecule is O=C(NCc1cc(C#CCO)cs1)c1cc(Cl)c[nH]1. The van der Waals surface area contributed by atoms with Crippen LogP contribution in [-0.2, 0) is 6.54 Å². The molecule has 2 rings (SSSR count). The number of nitrogens with one attached hydrogen (secondary N) is 2. The number of aliphatic hydroxyl groups is 1. The summed E-state index contributed by atoms with van der Waals surface area (Å²) in [4.78, 5) is 15.5. The van der Waals surface area contributed by atoms with Crippen molar-refractivity contribution < 1.29 is 9.90 Å². The van der Waals surface area contributed by atoms with E-state index in [1.54, 1.807) is 12.3 Å². The van der Waals surface area contributed by atoms with Gasteiger partial charge in [0, 0.05) is 22.0 Å². The molecule has 0 aromatic carbocycles. The average Bonchev–Trinajstić information content (AvgIpc) is 3.02. The molecule has 0 aliphatic heterocycles. The second-order valence-corrected chi connectivity index (χ2v) is 5.11. The summed E-state index contributed by atoms with van der Waals surface area (Å²) >= 11 is 7.24. The van der Waals surface area contributed by atoms with E-state index in [1.165, 1.54) is 11.3 Å². The van der Waals surface area contributed by atoms with Gasteiger partial charge in [0.25, 0.3) is 5.91 Å². The van der Waals surface area contributed by atoms with Crippen LogP contribution in [0, 0.1) is 11.8 Å². The molecule has 0 radical (unpaired) electrons. The largest absolute Gasteiger partial charge is 0.384 e. The minimum atomic E-state index is -0.205. The third kappa shape index (κ3) is 3.86. The van der Waals surface area contributed by atoms with Crippen molar-refractivity contribution in [2.45, 2.75) is 6.54 Å². The number of aromatic nitrogens is 1. The van der Waals surface area contributed by atoms with E-state index in [0.29, 0.717) is 17.3 Å². The molecule has 0 saturated heterocycles. The number of aromatic amines is 1. The normalized spacial score (nSPS) is 9.79. The van der Waals surface area contributed by atoms with E-state index in [0.717, 1.165) is 10.4 Å². The fourth-order valence-electron chi connectivity index (χ4n) is 1.44. The van der Waals surface area contributed by atoms with E-state index in [9.17, 15) is 4.79 Å². The van der Waals surface area contributed by atoms with Crippen molar-refractivity contribution >= 4 is 28.8 Å². The van der Waals surface area contributed by atoms with Crippen LogP contribution in [0.15, 0.2) is 23.7 Å². The lowest BCUT2D eigenvalue weighted by Crippen LogP contribution is -2.22. The van der Waals surface area contributed by atoms with Crippen molar-refractivity contribution in [3.8, 4) is 11.8 Å². The zero-order valence-corrected chi connectivity index (χ0v) is 11.4. The Morgan fingerprint density at radius 2 is 2.37 bits per heavy atom. The topological polar surface area (TPSA) is 65.1 Å². The fourth-order valence-corrected chi connectivity index (χ4v) is 2.36. The van der Waals surface area contributed by atoms with E-state index in [2.05, 4.69) is 22.1 Å². The van der Waals surface area contributed by atoms with Gasteiger partial charge in [-0.1, -0.05) is 23.4 Å². The molecular formula is C13H11ClN2O2S. The summed E-state index contributed by atoms with van der Waals surface area (Å²) in [5, 5.41) is 13.8. The third-order valence-electron chi connectivity index (χ3n) is 2.28. The molecule has 2 heterocycles. The number of aliphatic hydroxyl groups excluding tert-OH is 1. The van der Waals surface area contributed by atoms with E-state index in [4.69, 9.17) is 16.7 Å². The molecule has 0 spiro atoms. The maximum absolute atomic E-state index is 11.8. The van der Waals surface area contributed by atoms with E-state index in [-0.39, 0.29) is 12.5 Å². The summed E-state index contributed by atoms with van der Waals surface area (Å²) in [6.45, 7) is 0.274. The van der Waals surface area contributed by atoms with Gasteiger partial charge in [-0.05, 0) is 12.1 Å². The molecule has 1 amide bonds. The molecule has 2 aromatic heterocycles. The maximum atomic E-state index is 11.8. The maximum Gasteiger partial charge on any atom is 0.268 e. The van der Waals surface area contributed by atoms with Crippen LogP contribution in [0.5, 0.6) is 0 Å². The van der Waals surface area contributed by atoms with Gasteiger partial charge in [0.2, 0.25) is 0 Å². The van der Waals surface area contributed by atoms with Crippen LogP contribution in [0.25, 0.3) is 0 Å². The molecule has 0 atom stereocenters. The molecule has 3 N–H and O–H groups in total. The first-order chi connectivity index (χ1) is 9.19. The lowest BCUT2D eigenvalue weighted by atomic mass is 10.3. The minimum Gasteiger partial charge on any atom is -0.384 e. The Morgan fingerprint density at radius 1 is 1.53 bits per heavy atom. The van der Waals surface area contributed by atoms with Crippen LogP contribution in [0.4, 0.5) is 0 Å². The molecular weight excluding hydrogens is 284 g/mol. The Balaban J connectivity index is 1.92. The zero-order valence-electron chi connectivity index (χ0n) is 9.87. The van der Waals surface area contributed by atoms with Crippen molar-refractivity contribution in [3.05, 3.63) is 44.9 Å². The minimum absolute atomic E-state index is 0.157. The fraction of sp³-hybridized carbons (Fsp3) is 0.154. The quantitative estimate of drug-likeness (QED) is 0.758. The number of hydrogen-bond donors (Lipinski definition) is 3. The molecule has 0 aliphatic rings. The van der Waals surface area contributed by atoms with E-state index < -0.39 is 0 Å². The monoisotopic (exact) mass is 294 g/mol. The van der Waals surface area contributed by atoms with Crippen molar-refractivity contribution in [1.82, 2.24) is 10.3 Å². The van der Waals surface area contributed by atoms with Crippen LogP contribution < -0.4 is 5.32 Å². The predicted molar refractivity (Wildman–Crippen MR) is 75.3 cm³/mol. The molecule has 0 unspecified atom stereocenters. The van der Waals surface area contributed by atoms with Gasteiger partial charge >= 0.3 is 0 Å². The lowest BCUT2D eigenvalue weighted by molar-refractivity contribution is 0.0947. The van der Waals surface area contributed by atoms with Crippen LogP contribution in [-0.4, -0.2) is 22.6 Å². The Hall–Kier alpha value is -1.74. The molecule has 19 heavy (non-hydrogen) atoms. The summed E-state index contributed by atoms with van der Waals surface area (Å²) < 4.78 is 0. The highest BCUT2D eigenvalue weighted by molar-refractivity contribution is 7.10. The number of amides is 1. The number of hydrogen-bond acceptors (Lipinski definition) is 3. The summed E-state index contributed by atoms with van der Waals surface area (Å²) in [6.07, 6.45) is 1.56. The summed E-state index contributed by atoms with van der Waals surface area (Å²) in [6, 6.07) is 3.46. The number of carbonyl (C=O) groups excluding carboxylic acids is 1. The van der Waals surface area contributed by atoms with Crippen LogP contribution in [0.3, 0.4) is 0 Å². The second kappa shape index (κ2) is 6.43. The number of halogens is 1. The third-order valence-corrected chi connectivity index (χ3v) is 3.44. The van der Waals surface area contributed by atoms with Crippen molar-refractivity contribution in [1.29, 1.82) is 0 Å². The highest BCUT2D eigenvalue weighted by Crippen LogP contribution is 2.14. The second-order valence-electron chi connectivity index (χ2n) is 3.68. The van der Waals surface area contributed by atoms with E-state index >= 15 is 0 Å². The summed E-state index contributed by atoms with van der Waals surface area (Å²) in [5.41, 5.74) is 1.27. The van der Waals surface area contributed by atoms with Crippen LogP contribution >= 0.6 is 22.9 Å².